The Hall–Kier alpha value is -1.27. The molecule has 1 aliphatic rings. The minimum Gasteiger partial charge on any atom is -0.386 e. The first-order valence-electron chi connectivity index (χ1n) is 5.91. The van der Waals surface area contributed by atoms with Crippen LogP contribution in [-0.4, -0.2) is 42.4 Å². The highest BCUT2D eigenvalue weighted by molar-refractivity contribution is 5.84. The van der Waals surface area contributed by atoms with Crippen LogP contribution in [0.2, 0.25) is 0 Å². The number of amides is 1. The summed E-state index contributed by atoms with van der Waals surface area (Å²) in [5.41, 5.74) is 0.554. The lowest BCUT2D eigenvalue weighted by molar-refractivity contribution is -0.173. The van der Waals surface area contributed by atoms with E-state index < -0.39 is 12.8 Å². The zero-order chi connectivity index (χ0) is 13.6. The lowest BCUT2D eigenvalue weighted by Crippen LogP contribution is -2.30. The van der Waals surface area contributed by atoms with Crippen molar-refractivity contribution in [3.63, 3.8) is 0 Å². The molecule has 0 saturated carbocycles. The summed E-state index contributed by atoms with van der Waals surface area (Å²) in [5.74, 6) is 0. The van der Waals surface area contributed by atoms with Gasteiger partial charge in [-0.2, -0.15) is 13.2 Å². The molecule has 0 unspecified atom stereocenters. The number of rotatable bonds is 6. The van der Waals surface area contributed by atoms with Crippen LogP contribution in [0.3, 0.4) is 0 Å². The van der Waals surface area contributed by atoms with Crippen LogP contribution in [0.25, 0.3) is 0 Å². The van der Waals surface area contributed by atoms with Gasteiger partial charge < -0.3 is 9.74 Å². The molecule has 4 nitrogen and oxygen atoms in total. The first-order valence-corrected chi connectivity index (χ1v) is 5.91. The van der Waals surface area contributed by atoms with E-state index >= 15 is 0 Å². The summed E-state index contributed by atoms with van der Waals surface area (Å²) in [6.07, 6.45) is -0.818. The molecule has 0 aromatic heterocycles. The Morgan fingerprint density at radius 1 is 1.56 bits per heavy atom. The predicted octanol–water partition coefficient (Wildman–Crippen LogP) is 2.34. The van der Waals surface area contributed by atoms with Gasteiger partial charge in [0.05, 0.1) is 5.71 Å². The number of hydrogen-bond acceptors (Lipinski definition) is 3. The Labute approximate surface area is 104 Å². The van der Waals surface area contributed by atoms with Crippen LogP contribution in [0, 0.1) is 0 Å². The van der Waals surface area contributed by atoms with E-state index in [2.05, 4.69) is 9.99 Å². The van der Waals surface area contributed by atoms with Gasteiger partial charge in [-0.25, -0.2) is 0 Å². The number of likely N-dealkylation sites (tertiary alicyclic amines) is 1. The van der Waals surface area contributed by atoms with Gasteiger partial charge >= 0.3 is 6.18 Å². The molecule has 1 rings (SSSR count). The molecular weight excluding hydrogens is 249 g/mol. The third-order valence-corrected chi connectivity index (χ3v) is 2.86. The molecule has 0 radical (unpaired) electrons. The van der Waals surface area contributed by atoms with E-state index in [1.54, 1.807) is 11.8 Å². The molecule has 0 spiro atoms. The SMILES string of the molecule is CC/C(C[C@H]1CCCN1C=O)=N/OCC(F)(F)F. The zero-order valence-electron chi connectivity index (χ0n) is 10.2. The van der Waals surface area contributed by atoms with Crippen molar-refractivity contribution in [2.75, 3.05) is 13.2 Å². The number of hydrogen-bond donors (Lipinski definition) is 0. The van der Waals surface area contributed by atoms with Crippen molar-refractivity contribution in [2.24, 2.45) is 5.16 Å². The van der Waals surface area contributed by atoms with Crippen molar-refractivity contribution in [2.45, 2.75) is 44.8 Å². The van der Waals surface area contributed by atoms with Crippen LogP contribution in [0.5, 0.6) is 0 Å². The van der Waals surface area contributed by atoms with Crippen LogP contribution in [0.1, 0.15) is 32.6 Å². The fraction of sp³-hybridized carbons (Fsp3) is 0.818. The van der Waals surface area contributed by atoms with Gasteiger partial charge in [-0.1, -0.05) is 12.1 Å². The molecule has 1 aliphatic heterocycles. The molecular formula is C11H17F3N2O2. The normalized spacial score (nSPS) is 21.2. The third-order valence-electron chi connectivity index (χ3n) is 2.86. The van der Waals surface area contributed by atoms with Crippen molar-refractivity contribution >= 4 is 12.1 Å². The second-order valence-corrected chi connectivity index (χ2v) is 4.24. The summed E-state index contributed by atoms with van der Waals surface area (Å²) >= 11 is 0. The Balaban J connectivity index is 2.45. The van der Waals surface area contributed by atoms with Crippen LogP contribution in [-0.2, 0) is 9.63 Å². The maximum absolute atomic E-state index is 11.9. The summed E-state index contributed by atoms with van der Waals surface area (Å²) in [5, 5.41) is 3.51. The van der Waals surface area contributed by atoms with Crippen molar-refractivity contribution in [1.29, 1.82) is 0 Å². The molecule has 0 aromatic rings. The van der Waals surface area contributed by atoms with Crippen LogP contribution in [0.15, 0.2) is 5.16 Å². The summed E-state index contributed by atoms with van der Waals surface area (Å²) in [4.78, 5) is 16.7. The Bertz CT molecular complexity index is 305. The highest BCUT2D eigenvalue weighted by Crippen LogP contribution is 2.20. The topological polar surface area (TPSA) is 41.9 Å². The number of nitrogens with zero attached hydrogens (tertiary/aromatic N) is 2. The number of alkyl halides is 3. The van der Waals surface area contributed by atoms with Crippen LogP contribution >= 0.6 is 0 Å². The lowest BCUT2D eigenvalue weighted by Gasteiger charge is -2.20. The van der Waals surface area contributed by atoms with Gasteiger partial charge in [-0.15, -0.1) is 0 Å². The molecule has 0 aromatic carbocycles. The molecule has 1 amide bonds. The first kappa shape index (κ1) is 14.8. The average Bonchev–Trinajstić information content (AvgIpc) is 2.73. The molecule has 1 heterocycles. The van der Waals surface area contributed by atoms with E-state index in [4.69, 9.17) is 0 Å². The number of oxime groups is 1. The van der Waals surface area contributed by atoms with Crippen LogP contribution < -0.4 is 0 Å². The summed E-state index contributed by atoms with van der Waals surface area (Å²) in [7, 11) is 0. The highest BCUT2D eigenvalue weighted by Gasteiger charge is 2.29. The van der Waals surface area contributed by atoms with E-state index in [1.807, 2.05) is 0 Å². The van der Waals surface area contributed by atoms with Gasteiger partial charge in [0.1, 0.15) is 0 Å². The second kappa shape index (κ2) is 6.61. The molecule has 0 aliphatic carbocycles. The van der Waals surface area contributed by atoms with E-state index in [1.165, 1.54) is 0 Å². The van der Waals surface area contributed by atoms with E-state index in [0.29, 0.717) is 25.1 Å². The molecule has 1 atom stereocenters. The molecule has 1 saturated heterocycles. The first-order chi connectivity index (χ1) is 8.46. The molecule has 1 fully saturated rings. The fourth-order valence-corrected chi connectivity index (χ4v) is 1.93. The summed E-state index contributed by atoms with van der Waals surface area (Å²) in [6, 6.07) is 0.0377. The Morgan fingerprint density at radius 3 is 2.83 bits per heavy atom. The quantitative estimate of drug-likeness (QED) is 0.420. The van der Waals surface area contributed by atoms with E-state index in [-0.39, 0.29) is 6.04 Å². The fourth-order valence-electron chi connectivity index (χ4n) is 1.93. The standard InChI is InChI=1S/C11H17F3N2O2/c1-2-9(15-18-7-11(12,13)14)6-10-4-3-5-16(10)8-17/h8,10H,2-7H2,1H3/b15-9-/t10-/m1/s1. The second-order valence-electron chi connectivity index (χ2n) is 4.24. The van der Waals surface area contributed by atoms with Crippen LogP contribution in [0.4, 0.5) is 13.2 Å². The molecule has 104 valence electrons. The maximum Gasteiger partial charge on any atom is 0.425 e. The Morgan fingerprint density at radius 2 is 2.28 bits per heavy atom. The van der Waals surface area contributed by atoms with Crippen molar-refractivity contribution in [3.05, 3.63) is 0 Å². The van der Waals surface area contributed by atoms with E-state index in [9.17, 15) is 18.0 Å². The molecule has 0 N–H and O–H groups in total. The van der Waals surface area contributed by atoms with Gasteiger partial charge in [-0.05, 0) is 19.3 Å². The maximum atomic E-state index is 11.9. The van der Waals surface area contributed by atoms with Gasteiger partial charge in [0, 0.05) is 19.0 Å². The minimum absolute atomic E-state index is 0.0377. The smallest absolute Gasteiger partial charge is 0.386 e. The molecule has 7 heteroatoms. The third kappa shape index (κ3) is 4.93. The predicted molar refractivity (Wildman–Crippen MR) is 60.1 cm³/mol. The van der Waals surface area contributed by atoms with Gasteiger partial charge in [0.2, 0.25) is 13.0 Å². The largest absolute Gasteiger partial charge is 0.425 e. The summed E-state index contributed by atoms with van der Waals surface area (Å²) in [6.45, 7) is 1.13. The number of carbonyl (C=O) groups excluding carboxylic acids is 1. The van der Waals surface area contributed by atoms with Crippen molar-refractivity contribution < 1.29 is 22.8 Å². The summed E-state index contributed by atoms with van der Waals surface area (Å²) < 4.78 is 35.6. The van der Waals surface area contributed by atoms with Gasteiger partial charge in [0.15, 0.2) is 0 Å². The lowest BCUT2D eigenvalue weighted by atomic mass is 10.1. The van der Waals surface area contributed by atoms with Gasteiger partial charge in [-0.3, -0.25) is 4.79 Å². The van der Waals surface area contributed by atoms with E-state index in [0.717, 1.165) is 19.3 Å². The number of carbonyl (C=O) groups is 1. The number of halogens is 3. The highest BCUT2D eigenvalue weighted by atomic mass is 19.4. The van der Waals surface area contributed by atoms with Crippen molar-refractivity contribution in [1.82, 2.24) is 4.90 Å². The van der Waals surface area contributed by atoms with Crippen molar-refractivity contribution in [3.8, 4) is 0 Å². The minimum atomic E-state index is -4.37. The van der Waals surface area contributed by atoms with Gasteiger partial charge in [0.25, 0.3) is 0 Å². The Kier molecular flexibility index (Phi) is 5.43. The zero-order valence-corrected chi connectivity index (χ0v) is 10.2. The average molecular weight is 266 g/mol. The monoisotopic (exact) mass is 266 g/mol. The molecule has 0 bridgehead atoms. The molecule has 18 heavy (non-hydrogen) atoms.